The maximum absolute atomic E-state index is 11.7. The fourth-order valence-electron chi connectivity index (χ4n) is 1.54. The third-order valence-electron chi connectivity index (χ3n) is 2.67. The van der Waals surface area contributed by atoms with Gasteiger partial charge in [-0.05, 0) is 32.2 Å². The second-order valence-corrected chi connectivity index (χ2v) is 6.27. The van der Waals surface area contributed by atoms with Crippen LogP contribution in [0.3, 0.4) is 0 Å². The van der Waals surface area contributed by atoms with Crippen molar-refractivity contribution in [3.05, 3.63) is 48.6 Å². The molecule has 0 heterocycles. The lowest BCUT2D eigenvalue weighted by Gasteiger charge is -2.08. The molecule has 0 bridgehead atoms. The van der Waals surface area contributed by atoms with Gasteiger partial charge in [0.25, 0.3) is 0 Å². The first-order valence-electron chi connectivity index (χ1n) is 6.79. The summed E-state index contributed by atoms with van der Waals surface area (Å²) in [5.41, 5.74) is 0.324. The average molecular weight is 337 g/mol. The quantitative estimate of drug-likeness (QED) is 0.505. The number of anilines is 1. The predicted molar refractivity (Wildman–Crippen MR) is 88.3 cm³/mol. The SMILES string of the molecule is CC=CC=CC(=O)NCC(=O)Nc1cccc(S(=O)(=O)NC)c1. The van der Waals surface area contributed by atoms with Gasteiger partial charge < -0.3 is 10.6 Å². The fraction of sp³-hybridized carbons (Fsp3) is 0.200. The van der Waals surface area contributed by atoms with Gasteiger partial charge >= 0.3 is 0 Å². The van der Waals surface area contributed by atoms with E-state index in [1.165, 1.54) is 31.3 Å². The molecule has 0 saturated heterocycles. The molecule has 3 N–H and O–H groups in total. The lowest BCUT2D eigenvalue weighted by molar-refractivity contribution is -0.121. The van der Waals surface area contributed by atoms with Crippen LogP contribution in [0.4, 0.5) is 5.69 Å². The Balaban J connectivity index is 2.62. The summed E-state index contributed by atoms with van der Waals surface area (Å²) in [5, 5.41) is 4.93. The minimum atomic E-state index is -3.58. The van der Waals surface area contributed by atoms with Crippen molar-refractivity contribution < 1.29 is 18.0 Å². The smallest absolute Gasteiger partial charge is 0.244 e. The monoisotopic (exact) mass is 337 g/mol. The molecule has 2 amide bonds. The van der Waals surface area contributed by atoms with Gasteiger partial charge in [-0.1, -0.05) is 24.3 Å². The average Bonchev–Trinajstić information content (AvgIpc) is 2.53. The van der Waals surface area contributed by atoms with Crippen LogP contribution in [-0.4, -0.2) is 33.8 Å². The largest absolute Gasteiger partial charge is 0.343 e. The zero-order valence-corrected chi connectivity index (χ0v) is 13.7. The first-order valence-corrected chi connectivity index (χ1v) is 8.28. The van der Waals surface area contributed by atoms with Crippen molar-refractivity contribution in [2.24, 2.45) is 0 Å². The number of benzene rings is 1. The maximum Gasteiger partial charge on any atom is 0.244 e. The van der Waals surface area contributed by atoms with Crippen molar-refractivity contribution >= 4 is 27.5 Å². The van der Waals surface area contributed by atoms with Gasteiger partial charge in [0.2, 0.25) is 21.8 Å². The number of carbonyl (C=O) groups excluding carboxylic acids is 2. The summed E-state index contributed by atoms with van der Waals surface area (Å²) in [6.45, 7) is 1.60. The Kier molecular flexibility index (Phi) is 7.17. The molecule has 0 unspecified atom stereocenters. The molecule has 0 aliphatic rings. The van der Waals surface area contributed by atoms with Gasteiger partial charge in [-0.15, -0.1) is 0 Å². The van der Waals surface area contributed by atoms with Gasteiger partial charge in [-0.3, -0.25) is 9.59 Å². The highest BCUT2D eigenvalue weighted by Gasteiger charge is 2.12. The zero-order valence-electron chi connectivity index (χ0n) is 12.9. The molecular weight excluding hydrogens is 318 g/mol. The number of hydrogen-bond acceptors (Lipinski definition) is 4. The molecular formula is C15H19N3O4S. The molecule has 8 heteroatoms. The highest BCUT2D eigenvalue weighted by atomic mass is 32.2. The van der Waals surface area contributed by atoms with Crippen LogP contribution in [0.15, 0.2) is 53.5 Å². The Labute approximate surface area is 135 Å². The molecule has 0 aliphatic carbocycles. The Hall–Kier alpha value is -2.45. The van der Waals surface area contributed by atoms with Crippen LogP contribution in [0.1, 0.15) is 6.92 Å². The van der Waals surface area contributed by atoms with E-state index in [4.69, 9.17) is 0 Å². The Morgan fingerprint density at radius 1 is 1.22 bits per heavy atom. The Bertz CT molecular complexity index is 724. The number of carbonyl (C=O) groups is 2. The summed E-state index contributed by atoms with van der Waals surface area (Å²) in [4.78, 5) is 23.2. The lowest BCUT2D eigenvalue weighted by Crippen LogP contribution is -2.31. The van der Waals surface area contributed by atoms with Gasteiger partial charge in [0.05, 0.1) is 11.4 Å². The van der Waals surface area contributed by atoms with Gasteiger partial charge in [-0.25, -0.2) is 13.1 Å². The van der Waals surface area contributed by atoms with E-state index in [0.717, 1.165) is 0 Å². The van der Waals surface area contributed by atoms with Gasteiger partial charge in [-0.2, -0.15) is 0 Å². The van der Waals surface area contributed by atoms with Crippen molar-refractivity contribution in [2.75, 3.05) is 18.9 Å². The van der Waals surface area contributed by atoms with Crippen molar-refractivity contribution in [3.8, 4) is 0 Å². The number of nitrogens with one attached hydrogen (secondary N) is 3. The molecule has 0 fully saturated rings. The van der Waals surface area contributed by atoms with Crippen LogP contribution in [0, 0.1) is 0 Å². The third kappa shape index (κ3) is 6.45. The first kappa shape index (κ1) is 18.6. The summed E-state index contributed by atoms with van der Waals surface area (Å²) < 4.78 is 25.6. The summed E-state index contributed by atoms with van der Waals surface area (Å²) in [6, 6.07) is 5.81. The minimum Gasteiger partial charge on any atom is -0.343 e. The summed E-state index contributed by atoms with van der Waals surface area (Å²) in [5.74, 6) is -0.860. The molecule has 7 nitrogen and oxygen atoms in total. The first-order chi connectivity index (χ1) is 10.9. The number of sulfonamides is 1. The third-order valence-corrected chi connectivity index (χ3v) is 4.08. The summed E-state index contributed by atoms with van der Waals surface area (Å²) >= 11 is 0. The molecule has 1 rings (SSSR count). The standard InChI is InChI=1S/C15H19N3O4S/c1-3-4-5-9-14(19)17-11-15(20)18-12-7-6-8-13(10-12)23(21,22)16-2/h3-10,16H,11H2,1-2H3,(H,17,19)(H,18,20). The number of allylic oxidation sites excluding steroid dienone is 3. The van der Waals surface area contributed by atoms with Gasteiger partial charge in [0.15, 0.2) is 0 Å². The normalized spacial score (nSPS) is 11.7. The molecule has 0 saturated carbocycles. The number of rotatable bonds is 7. The minimum absolute atomic E-state index is 0.0381. The van der Waals surface area contributed by atoms with Crippen molar-refractivity contribution in [1.82, 2.24) is 10.0 Å². The summed E-state index contributed by atoms with van der Waals surface area (Å²) in [6.07, 6.45) is 6.31. The number of hydrogen-bond donors (Lipinski definition) is 3. The van der Waals surface area contributed by atoms with Crippen LogP contribution in [0.5, 0.6) is 0 Å². The predicted octanol–water partition coefficient (Wildman–Crippen LogP) is 0.782. The van der Waals surface area contributed by atoms with Crippen molar-refractivity contribution in [2.45, 2.75) is 11.8 Å². The summed E-state index contributed by atoms with van der Waals surface area (Å²) in [7, 11) is -2.28. The van der Waals surface area contributed by atoms with E-state index in [1.807, 2.05) is 6.92 Å². The van der Waals surface area contributed by atoms with Crippen LogP contribution in [0.25, 0.3) is 0 Å². The van der Waals surface area contributed by atoms with E-state index >= 15 is 0 Å². The molecule has 124 valence electrons. The molecule has 1 aromatic carbocycles. The van der Waals surface area contributed by atoms with Crippen molar-refractivity contribution in [1.29, 1.82) is 0 Å². The van der Waals surface area contributed by atoms with E-state index in [9.17, 15) is 18.0 Å². The van der Waals surface area contributed by atoms with Crippen LogP contribution in [-0.2, 0) is 19.6 Å². The topological polar surface area (TPSA) is 104 Å². The van der Waals surface area contributed by atoms with Crippen LogP contribution in [0.2, 0.25) is 0 Å². The van der Waals surface area contributed by atoms with Crippen LogP contribution < -0.4 is 15.4 Å². The highest BCUT2D eigenvalue weighted by Crippen LogP contribution is 2.14. The van der Waals surface area contributed by atoms with Gasteiger partial charge in [0, 0.05) is 11.8 Å². The molecule has 0 aliphatic heterocycles. The molecule has 1 aromatic rings. The zero-order chi connectivity index (χ0) is 17.3. The molecule has 0 aromatic heterocycles. The lowest BCUT2D eigenvalue weighted by atomic mass is 10.3. The van der Waals surface area contributed by atoms with Crippen molar-refractivity contribution in [3.63, 3.8) is 0 Å². The van der Waals surface area contributed by atoms with E-state index in [1.54, 1.807) is 24.3 Å². The molecule has 0 atom stereocenters. The molecule has 23 heavy (non-hydrogen) atoms. The molecule has 0 radical (unpaired) electrons. The number of amides is 2. The fourth-order valence-corrected chi connectivity index (χ4v) is 2.32. The maximum atomic E-state index is 11.7. The Morgan fingerprint density at radius 2 is 1.96 bits per heavy atom. The Morgan fingerprint density at radius 3 is 2.61 bits per heavy atom. The van der Waals surface area contributed by atoms with Crippen LogP contribution >= 0.6 is 0 Å². The second-order valence-electron chi connectivity index (χ2n) is 4.39. The van der Waals surface area contributed by atoms with Gasteiger partial charge in [0.1, 0.15) is 0 Å². The van der Waals surface area contributed by atoms with E-state index < -0.39 is 21.8 Å². The molecule has 0 spiro atoms. The van der Waals surface area contributed by atoms with E-state index in [2.05, 4.69) is 15.4 Å². The highest BCUT2D eigenvalue weighted by molar-refractivity contribution is 7.89. The van der Waals surface area contributed by atoms with E-state index in [0.29, 0.717) is 5.69 Å². The second kappa shape index (κ2) is 8.86. The van der Waals surface area contributed by atoms with E-state index in [-0.39, 0.29) is 11.4 Å².